The van der Waals surface area contributed by atoms with Crippen molar-refractivity contribution in [2.45, 2.75) is 37.6 Å². The fraction of sp³-hybridized carbons (Fsp3) is 0.429. The number of alkyl halides is 3. The van der Waals surface area contributed by atoms with Gasteiger partial charge in [0.25, 0.3) is 11.1 Å². The van der Waals surface area contributed by atoms with Gasteiger partial charge >= 0.3 is 23.7 Å². The molecule has 1 aromatic carbocycles. The van der Waals surface area contributed by atoms with E-state index in [1.807, 2.05) is 0 Å². The maximum absolute atomic E-state index is 13.5. The number of anilines is 1. The average Bonchev–Trinajstić information content (AvgIpc) is 2.75. The minimum Gasteiger partial charge on any atom is -0.480 e. The van der Waals surface area contributed by atoms with E-state index in [-0.39, 0.29) is 12.3 Å². The zero-order valence-electron chi connectivity index (χ0n) is 20.7. The summed E-state index contributed by atoms with van der Waals surface area (Å²) in [4.78, 5) is 42.9. The first-order valence-corrected chi connectivity index (χ1v) is 12.6. The number of carboxylic acid groups (broad SMARTS) is 1. The summed E-state index contributed by atoms with van der Waals surface area (Å²) in [6, 6.07) is 0.378. The molecule has 0 saturated carbocycles. The summed E-state index contributed by atoms with van der Waals surface area (Å²) in [6.07, 6.45) is -4.35. The highest BCUT2D eigenvalue weighted by Gasteiger charge is 2.35. The molecular formula is C21H24F3N5O8S. The summed E-state index contributed by atoms with van der Waals surface area (Å²) in [7, 11) is -1.71. The van der Waals surface area contributed by atoms with Crippen LogP contribution in [-0.4, -0.2) is 71.6 Å². The Labute approximate surface area is 214 Å². The number of sulfone groups is 1. The van der Waals surface area contributed by atoms with Gasteiger partial charge in [0, 0.05) is 25.9 Å². The molecule has 0 bridgehead atoms. The molecule has 1 atom stereocenters. The van der Waals surface area contributed by atoms with E-state index in [1.54, 1.807) is 13.8 Å². The van der Waals surface area contributed by atoms with Crippen LogP contribution in [0.5, 0.6) is 11.6 Å². The second-order valence-corrected chi connectivity index (χ2v) is 10.7. The predicted molar refractivity (Wildman–Crippen MR) is 126 cm³/mol. The molecule has 0 radical (unpaired) electrons. The molecule has 17 heteroatoms. The number of hydrogen-bond acceptors (Lipinski definition) is 10. The lowest BCUT2D eigenvalue weighted by Gasteiger charge is -2.18. The highest BCUT2D eigenvalue weighted by atomic mass is 32.2. The van der Waals surface area contributed by atoms with Crippen LogP contribution in [0.25, 0.3) is 0 Å². The van der Waals surface area contributed by atoms with Gasteiger partial charge in [0.05, 0.1) is 10.5 Å². The smallest absolute Gasteiger partial charge is 0.416 e. The molecular weight excluding hydrogens is 539 g/mol. The standard InChI is InChI=1S/C21H24F3N5O8S/c1-10(2)6-14(19(31)32)25-16-15(29(33)34)17(27-20(26-16)38(5,35)36)37-13-8-11(18(30)28(3)4)7-12(9-13)21(22,23)24/h7-10,14H,6H2,1-5H3,(H,31,32)(H,25,26,27). The second-order valence-electron chi connectivity index (χ2n) is 8.75. The van der Waals surface area contributed by atoms with Gasteiger partial charge in [0.1, 0.15) is 11.8 Å². The number of hydrogen-bond donors (Lipinski definition) is 2. The molecule has 0 fully saturated rings. The van der Waals surface area contributed by atoms with E-state index in [4.69, 9.17) is 4.74 Å². The molecule has 13 nitrogen and oxygen atoms in total. The number of benzene rings is 1. The molecule has 0 aliphatic carbocycles. The topological polar surface area (TPSA) is 182 Å². The van der Waals surface area contributed by atoms with Crippen molar-refractivity contribution in [2.24, 2.45) is 5.92 Å². The van der Waals surface area contributed by atoms with E-state index in [1.165, 1.54) is 14.1 Å². The fourth-order valence-corrected chi connectivity index (χ4v) is 3.60. The summed E-state index contributed by atoms with van der Waals surface area (Å²) >= 11 is 0. The molecule has 1 unspecified atom stereocenters. The van der Waals surface area contributed by atoms with E-state index in [9.17, 15) is 46.4 Å². The first-order valence-electron chi connectivity index (χ1n) is 10.7. The van der Waals surface area contributed by atoms with E-state index >= 15 is 0 Å². The summed E-state index contributed by atoms with van der Waals surface area (Å²) in [6.45, 7) is 3.34. The Balaban J connectivity index is 2.81. The molecule has 208 valence electrons. The number of rotatable bonds is 10. The lowest BCUT2D eigenvalue weighted by Crippen LogP contribution is -2.31. The molecule has 1 amide bonds. The summed E-state index contributed by atoms with van der Waals surface area (Å²) in [5.74, 6) is -5.16. The zero-order valence-corrected chi connectivity index (χ0v) is 21.5. The highest BCUT2D eigenvalue weighted by molar-refractivity contribution is 7.90. The van der Waals surface area contributed by atoms with Gasteiger partial charge in [-0.3, -0.25) is 14.9 Å². The normalized spacial score (nSPS) is 12.7. The molecule has 2 rings (SSSR count). The van der Waals surface area contributed by atoms with Gasteiger partial charge in [-0.05, 0) is 30.5 Å². The van der Waals surface area contributed by atoms with Crippen LogP contribution in [0.2, 0.25) is 0 Å². The van der Waals surface area contributed by atoms with Crippen LogP contribution in [0.1, 0.15) is 36.2 Å². The van der Waals surface area contributed by atoms with Crippen molar-refractivity contribution in [1.29, 1.82) is 0 Å². The van der Waals surface area contributed by atoms with E-state index < -0.39 is 78.3 Å². The molecule has 1 heterocycles. The number of nitrogens with one attached hydrogen (secondary N) is 1. The van der Waals surface area contributed by atoms with Gasteiger partial charge < -0.3 is 20.1 Å². The van der Waals surface area contributed by atoms with Crippen molar-refractivity contribution in [3.05, 3.63) is 39.4 Å². The number of carboxylic acids is 1. The first kappa shape index (κ1) is 30.2. The van der Waals surface area contributed by atoms with Crippen molar-refractivity contribution in [1.82, 2.24) is 14.9 Å². The van der Waals surface area contributed by atoms with Crippen LogP contribution >= 0.6 is 0 Å². The van der Waals surface area contributed by atoms with Crippen molar-refractivity contribution in [2.75, 3.05) is 25.7 Å². The van der Waals surface area contributed by atoms with Crippen LogP contribution in [-0.2, 0) is 20.8 Å². The second kappa shape index (κ2) is 11.2. The van der Waals surface area contributed by atoms with Crippen LogP contribution in [0.15, 0.2) is 23.4 Å². The third-order valence-corrected chi connectivity index (χ3v) is 5.61. The fourth-order valence-electron chi connectivity index (χ4n) is 3.09. The number of carbonyl (C=O) groups excluding carboxylic acids is 1. The van der Waals surface area contributed by atoms with Crippen LogP contribution in [0, 0.1) is 16.0 Å². The Morgan fingerprint density at radius 3 is 2.26 bits per heavy atom. The molecule has 0 saturated heterocycles. The quantitative estimate of drug-likeness (QED) is 0.246. The minimum absolute atomic E-state index is 0.0511. The number of halogens is 3. The molecule has 0 aliphatic rings. The average molecular weight is 564 g/mol. The number of nitro groups is 1. The Hall–Kier alpha value is -4.02. The summed E-state index contributed by atoms with van der Waals surface area (Å²) in [5, 5.41) is 22.7. The molecule has 38 heavy (non-hydrogen) atoms. The first-order chi connectivity index (χ1) is 17.3. The van der Waals surface area contributed by atoms with E-state index in [0.29, 0.717) is 18.4 Å². The SMILES string of the molecule is CC(C)CC(Nc1nc(S(C)(=O)=O)nc(Oc2cc(C(=O)N(C)C)cc(C(F)(F)F)c2)c1[N+](=O)[O-])C(=O)O. The lowest BCUT2D eigenvalue weighted by atomic mass is 10.0. The Bertz CT molecular complexity index is 1360. The zero-order chi connectivity index (χ0) is 29.2. The predicted octanol–water partition coefficient (Wildman–Crippen LogP) is 3.21. The van der Waals surface area contributed by atoms with Gasteiger partial charge in [-0.1, -0.05) is 13.8 Å². The molecule has 0 spiro atoms. The number of carbonyl (C=O) groups is 2. The lowest BCUT2D eigenvalue weighted by molar-refractivity contribution is -0.385. The number of nitrogens with zero attached hydrogens (tertiary/aromatic N) is 4. The molecule has 2 N–H and O–H groups in total. The number of aliphatic carboxylic acids is 1. The van der Waals surface area contributed by atoms with Crippen LogP contribution in [0.3, 0.4) is 0 Å². The molecule has 1 aromatic heterocycles. The number of amides is 1. The Morgan fingerprint density at radius 1 is 1.21 bits per heavy atom. The number of ether oxygens (including phenoxy) is 1. The third-order valence-electron chi connectivity index (χ3n) is 4.76. The van der Waals surface area contributed by atoms with E-state index in [0.717, 1.165) is 11.0 Å². The maximum atomic E-state index is 13.5. The minimum atomic E-state index is -4.95. The van der Waals surface area contributed by atoms with Crippen LogP contribution in [0.4, 0.5) is 24.7 Å². The van der Waals surface area contributed by atoms with Gasteiger partial charge in [-0.15, -0.1) is 0 Å². The van der Waals surface area contributed by atoms with Gasteiger partial charge in [0.15, 0.2) is 0 Å². The highest BCUT2D eigenvalue weighted by Crippen LogP contribution is 2.39. The van der Waals surface area contributed by atoms with Crippen molar-refractivity contribution >= 4 is 33.2 Å². The summed E-state index contributed by atoms with van der Waals surface area (Å²) in [5.41, 5.74) is -2.95. The van der Waals surface area contributed by atoms with Gasteiger partial charge in [-0.25, -0.2) is 13.2 Å². The Kier molecular flexibility index (Phi) is 8.87. The van der Waals surface area contributed by atoms with E-state index in [2.05, 4.69) is 15.3 Å². The van der Waals surface area contributed by atoms with Gasteiger partial charge in [-0.2, -0.15) is 23.1 Å². The third kappa shape index (κ3) is 7.50. The maximum Gasteiger partial charge on any atom is 0.416 e. The van der Waals surface area contributed by atoms with Crippen LogP contribution < -0.4 is 10.1 Å². The van der Waals surface area contributed by atoms with Crippen molar-refractivity contribution in [3.63, 3.8) is 0 Å². The largest absolute Gasteiger partial charge is 0.480 e. The number of aromatic nitrogens is 2. The van der Waals surface area contributed by atoms with Crippen molar-refractivity contribution < 1.29 is 45.9 Å². The molecule has 0 aliphatic heterocycles. The summed E-state index contributed by atoms with van der Waals surface area (Å²) < 4.78 is 70.1. The van der Waals surface area contributed by atoms with Gasteiger partial charge in [0.2, 0.25) is 15.7 Å². The monoisotopic (exact) mass is 563 g/mol. The Morgan fingerprint density at radius 2 is 1.82 bits per heavy atom. The molecule has 2 aromatic rings. The van der Waals surface area contributed by atoms with Crippen molar-refractivity contribution in [3.8, 4) is 11.6 Å².